The van der Waals surface area contributed by atoms with Gasteiger partial charge in [0.2, 0.25) is 0 Å². The second kappa shape index (κ2) is 3.29. The van der Waals surface area contributed by atoms with Crippen molar-refractivity contribution in [3.05, 3.63) is 35.3 Å². The van der Waals surface area contributed by atoms with Gasteiger partial charge in [-0.2, -0.15) is 0 Å². The third kappa shape index (κ3) is 1.35. The van der Waals surface area contributed by atoms with Crippen LogP contribution in [0.25, 0.3) is 21.9 Å². The summed E-state index contributed by atoms with van der Waals surface area (Å²) in [5, 5.41) is 1.18. The number of nitrogens with zero attached hydrogens (tertiary/aromatic N) is 3. The van der Waals surface area contributed by atoms with Gasteiger partial charge in [0.05, 0.1) is 16.6 Å². The maximum Gasteiger partial charge on any atom is 0.106 e. The molecule has 86 valence electrons. The lowest BCUT2D eigenvalue weighted by Crippen LogP contribution is -1.91. The van der Waals surface area contributed by atoms with Crippen LogP contribution in [0.4, 0.5) is 0 Å². The molecule has 3 nitrogen and oxygen atoms in total. The average molecular weight is 225 g/mol. The number of hydrogen-bond donors (Lipinski definition) is 0. The number of imidazole rings is 1. The summed E-state index contributed by atoms with van der Waals surface area (Å²) in [5.74, 6) is 1.03. The zero-order valence-electron chi connectivity index (χ0n) is 10.6. The van der Waals surface area contributed by atoms with Crippen molar-refractivity contribution in [3.8, 4) is 0 Å². The van der Waals surface area contributed by atoms with Gasteiger partial charge in [-0.25, -0.2) is 4.98 Å². The van der Waals surface area contributed by atoms with Crippen molar-refractivity contribution >= 4 is 21.9 Å². The second-order valence-corrected chi connectivity index (χ2v) is 4.63. The molecule has 0 amide bonds. The van der Waals surface area contributed by atoms with Crippen molar-refractivity contribution in [3.63, 3.8) is 0 Å². The van der Waals surface area contributed by atoms with Crippen LogP contribution in [0.15, 0.2) is 18.2 Å². The largest absolute Gasteiger partial charge is 0.331 e. The molecular formula is C14H15N3. The van der Waals surface area contributed by atoms with Gasteiger partial charge in [-0.15, -0.1) is 0 Å². The fourth-order valence-electron chi connectivity index (χ4n) is 2.45. The second-order valence-electron chi connectivity index (χ2n) is 4.63. The van der Waals surface area contributed by atoms with Crippen LogP contribution in [-0.2, 0) is 7.05 Å². The Morgan fingerprint density at radius 3 is 2.59 bits per heavy atom. The Bertz CT molecular complexity index is 738. The van der Waals surface area contributed by atoms with Crippen molar-refractivity contribution < 1.29 is 0 Å². The fourth-order valence-corrected chi connectivity index (χ4v) is 2.45. The van der Waals surface area contributed by atoms with Crippen molar-refractivity contribution in [2.24, 2.45) is 7.05 Å². The molecule has 0 saturated carbocycles. The Labute approximate surface area is 100 Å². The van der Waals surface area contributed by atoms with E-state index in [1.807, 2.05) is 20.9 Å². The quantitative estimate of drug-likeness (QED) is 0.588. The summed E-state index contributed by atoms with van der Waals surface area (Å²) in [6, 6.07) is 6.30. The molecule has 3 heteroatoms. The van der Waals surface area contributed by atoms with Crippen LogP contribution in [0.3, 0.4) is 0 Å². The lowest BCUT2D eigenvalue weighted by molar-refractivity contribution is 0.886. The van der Waals surface area contributed by atoms with Crippen LogP contribution in [0, 0.1) is 20.8 Å². The van der Waals surface area contributed by atoms with Crippen LogP contribution in [0.1, 0.15) is 17.1 Å². The predicted octanol–water partition coefficient (Wildman–Crippen LogP) is 3.05. The molecule has 2 aromatic heterocycles. The van der Waals surface area contributed by atoms with Gasteiger partial charge in [-0.05, 0) is 44.5 Å². The molecule has 0 saturated heterocycles. The molecule has 3 aromatic rings. The summed E-state index contributed by atoms with van der Waals surface area (Å²) in [7, 11) is 2.05. The molecule has 0 unspecified atom stereocenters. The molecular weight excluding hydrogens is 210 g/mol. The van der Waals surface area contributed by atoms with E-state index in [0.29, 0.717) is 0 Å². The number of pyridine rings is 1. The Hall–Kier alpha value is -1.90. The van der Waals surface area contributed by atoms with E-state index in [1.54, 1.807) is 0 Å². The molecule has 0 aliphatic carbocycles. The summed E-state index contributed by atoms with van der Waals surface area (Å²) in [6.45, 7) is 6.18. The Morgan fingerprint density at radius 1 is 1.06 bits per heavy atom. The highest BCUT2D eigenvalue weighted by atomic mass is 15.0. The number of benzene rings is 1. The van der Waals surface area contributed by atoms with Gasteiger partial charge in [0.1, 0.15) is 5.82 Å². The molecule has 17 heavy (non-hydrogen) atoms. The monoisotopic (exact) mass is 225 g/mol. The zero-order valence-corrected chi connectivity index (χ0v) is 10.6. The highest BCUT2D eigenvalue weighted by Crippen LogP contribution is 2.27. The topological polar surface area (TPSA) is 30.7 Å². The van der Waals surface area contributed by atoms with E-state index in [2.05, 4.69) is 39.7 Å². The molecule has 0 aliphatic heterocycles. The molecule has 0 N–H and O–H groups in total. The smallest absolute Gasteiger partial charge is 0.106 e. The summed E-state index contributed by atoms with van der Waals surface area (Å²) in [6.07, 6.45) is 0. The number of fused-ring (bicyclic) bond motifs is 3. The SMILES string of the molecule is Cc1cc(C)c2c(ccc3c2nc(C)n3C)n1. The summed E-state index contributed by atoms with van der Waals surface area (Å²) in [5.41, 5.74) is 5.57. The maximum absolute atomic E-state index is 4.65. The molecule has 1 aromatic carbocycles. The Balaban J connectivity index is 2.60. The van der Waals surface area contributed by atoms with Gasteiger partial charge in [-0.1, -0.05) is 0 Å². The standard InChI is InChI=1S/C14H15N3/c1-8-7-9(2)15-11-5-6-12-14(13(8)11)16-10(3)17(12)4/h5-7H,1-4H3. The van der Waals surface area contributed by atoms with E-state index in [-0.39, 0.29) is 0 Å². The highest BCUT2D eigenvalue weighted by Gasteiger charge is 2.10. The first-order valence-corrected chi connectivity index (χ1v) is 5.78. The predicted molar refractivity (Wildman–Crippen MR) is 70.2 cm³/mol. The van der Waals surface area contributed by atoms with Gasteiger partial charge in [0, 0.05) is 18.1 Å². The number of rotatable bonds is 0. The minimum Gasteiger partial charge on any atom is -0.331 e. The third-order valence-electron chi connectivity index (χ3n) is 3.37. The Kier molecular flexibility index (Phi) is 1.99. The van der Waals surface area contributed by atoms with E-state index in [9.17, 15) is 0 Å². The van der Waals surface area contributed by atoms with Crippen LogP contribution in [0.2, 0.25) is 0 Å². The van der Waals surface area contributed by atoms with Crippen LogP contribution >= 0.6 is 0 Å². The number of hydrogen-bond acceptors (Lipinski definition) is 2. The fraction of sp³-hybridized carbons (Fsp3) is 0.286. The van der Waals surface area contributed by atoms with E-state index in [4.69, 9.17) is 0 Å². The molecule has 0 fully saturated rings. The average Bonchev–Trinajstić information content (AvgIpc) is 2.54. The molecule has 0 spiro atoms. The highest BCUT2D eigenvalue weighted by molar-refractivity contribution is 6.04. The van der Waals surface area contributed by atoms with Crippen LogP contribution in [-0.4, -0.2) is 14.5 Å². The molecule has 0 radical (unpaired) electrons. The molecule has 0 aliphatic rings. The summed E-state index contributed by atoms with van der Waals surface area (Å²) >= 11 is 0. The number of aromatic nitrogens is 3. The van der Waals surface area contributed by atoms with E-state index < -0.39 is 0 Å². The van der Waals surface area contributed by atoms with Gasteiger partial charge in [0.25, 0.3) is 0 Å². The van der Waals surface area contributed by atoms with Crippen molar-refractivity contribution in [2.75, 3.05) is 0 Å². The van der Waals surface area contributed by atoms with Crippen LogP contribution < -0.4 is 0 Å². The Morgan fingerprint density at radius 2 is 1.82 bits per heavy atom. The van der Waals surface area contributed by atoms with E-state index >= 15 is 0 Å². The van der Waals surface area contributed by atoms with Gasteiger partial charge >= 0.3 is 0 Å². The van der Waals surface area contributed by atoms with Crippen molar-refractivity contribution in [2.45, 2.75) is 20.8 Å². The van der Waals surface area contributed by atoms with E-state index in [0.717, 1.165) is 22.6 Å². The molecule has 2 heterocycles. The van der Waals surface area contributed by atoms with E-state index in [1.165, 1.54) is 16.5 Å². The zero-order chi connectivity index (χ0) is 12.2. The maximum atomic E-state index is 4.65. The summed E-state index contributed by atoms with van der Waals surface area (Å²) in [4.78, 5) is 9.23. The normalized spacial score (nSPS) is 11.5. The lowest BCUT2D eigenvalue weighted by atomic mass is 10.1. The minimum atomic E-state index is 1.03. The van der Waals surface area contributed by atoms with Gasteiger partial charge < -0.3 is 4.57 Å². The first kappa shape index (κ1) is 10.3. The molecule has 3 rings (SSSR count). The lowest BCUT2D eigenvalue weighted by Gasteiger charge is -2.04. The number of aryl methyl sites for hydroxylation is 4. The van der Waals surface area contributed by atoms with Crippen molar-refractivity contribution in [1.29, 1.82) is 0 Å². The first-order chi connectivity index (χ1) is 8.08. The van der Waals surface area contributed by atoms with Gasteiger partial charge in [0.15, 0.2) is 0 Å². The minimum absolute atomic E-state index is 1.03. The third-order valence-corrected chi connectivity index (χ3v) is 3.37. The molecule has 0 atom stereocenters. The van der Waals surface area contributed by atoms with Crippen LogP contribution in [0.5, 0.6) is 0 Å². The van der Waals surface area contributed by atoms with Crippen molar-refractivity contribution in [1.82, 2.24) is 14.5 Å². The molecule has 0 bridgehead atoms. The first-order valence-electron chi connectivity index (χ1n) is 5.78. The van der Waals surface area contributed by atoms with Gasteiger partial charge in [-0.3, -0.25) is 4.98 Å². The summed E-state index contributed by atoms with van der Waals surface area (Å²) < 4.78 is 2.12.